The van der Waals surface area contributed by atoms with Crippen LogP contribution in [0.1, 0.15) is 51.5 Å². The van der Waals surface area contributed by atoms with Crippen LogP contribution in [0.4, 0.5) is 5.69 Å². The number of hydrogen-bond donors (Lipinski definition) is 0. The van der Waals surface area contributed by atoms with Crippen LogP contribution >= 0.6 is 11.3 Å². The smallest absolute Gasteiger partial charge is 0.150 e. The molecule has 4 aromatic rings. The van der Waals surface area contributed by atoms with E-state index >= 15 is 0 Å². The fourth-order valence-corrected chi connectivity index (χ4v) is 6.98. The van der Waals surface area contributed by atoms with E-state index in [0.29, 0.717) is 6.04 Å². The zero-order chi connectivity index (χ0) is 26.6. The summed E-state index contributed by atoms with van der Waals surface area (Å²) in [4.78, 5) is 13.4. The van der Waals surface area contributed by atoms with E-state index in [2.05, 4.69) is 92.9 Å². The van der Waals surface area contributed by atoms with Crippen molar-refractivity contribution in [3.05, 3.63) is 92.9 Å². The molecule has 7 nitrogen and oxygen atoms in total. The molecule has 1 unspecified atom stereocenters. The van der Waals surface area contributed by atoms with Gasteiger partial charge in [0.05, 0.1) is 5.69 Å². The summed E-state index contributed by atoms with van der Waals surface area (Å²) in [7, 11) is 1.92. The van der Waals surface area contributed by atoms with Crippen LogP contribution in [0.3, 0.4) is 0 Å². The standard InChI is InChI=1S/C31H37N7S/c1-23-20-27-29(39-23)21-25-12-6-7-13-28(25)32-31(27)38-19-18-37(17-9-8-14-30-33-34-35-36(30)2)26(22-38)16-15-24-10-4-3-5-11-24/h3-7,10-13,20,26H,8-9,14-19,21-22H2,1-2H3. The highest BCUT2D eigenvalue weighted by Gasteiger charge is 2.31. The van der Waals surface area contributed by atoms with E-state index in [9.17, 15) is 0 Å². The van der Waals surface area contributed by atoms with Gasteiger partial charge in [0.1, 0.15) is 5.84 Å². The quantitative estimate of drug-likeness (QED) is 0.288. The highest BCUT2D eigenvalue weighted by atomic mass is 32.1. The normalized spacial score (nSPS) is 17.4. The second kappa shape index (κ2) is 11.8. The monoisotopic (exact) mass is 539 g/mol. The third-order valence-electron chi connectivity index (χ3n) is 8.06. The third-order valence-corrected chi connectivity index (χ3v) is 9.11. The number of benzene rings is 2. The van der Waals surface area contributed by atoms with Crippen molar-refractivity contribution in [3.63, 3.8) is 0 Å². The second-order valence-corrected chi connectivity index (χ2v) is 12.1. The Kier molecular flexibility index (Phi) is 7.83. The van der Waals surface area contributed by atoms with Gasteiger partial charge >= 0.3 is 0 Å². The fraction of sp³-hybridized carbons (Fsp3) is 0.419. The summed E-state index contributed by atoms with van der Waals surface area (Å²) < 4.78 is 1.79. The lowest BCUT2D eigenvalue weighted by Crippen LogP contribution is -2.55. The molecule has 0 saturated carbocycles. The molecular formula is C31H37N7S. The van der Waals surface area contributed by atoms with Crippen molar-refractivity contribution in [1.29, 1.82) is 0 Å². The molecule has 2 aromatic heterocycles. The van der Waals surface area contributed by atoms with E-state index in [1.54, 1.807) is 4.68 Å². The number of aliphatic imine (C=N–C) groups is 1. The number of amidine groups is 1. The maximum absolute atomic E-state index is 5.32. The number of unbranched alkanes of at least 4 members (excludes halogenated alkanes) is 1. The second-order valence-electron chi connectivity index (χ2n) is 10.8. The molecule has 4 heterocycles. The van der Waals surface area contributed by atoms with Gasteiger partial charge in [-0.2, -0.15) is 0 Å². The molecule has 1 atom stereocenters. The Labute approximate surface area is 235 Å². The lowest BCUT2D eigenvalue weighted by molar-refractivity contribution is 0.104. The lowest BCUT2D eigenvalue weighted by atomic mass is 10.0. The highest BCUT2D eigenvalue weighted by Crippen LogP contribution is 2.34. The molecular weight excluding hydrogens is 502 g/mol. The summed E-state index contributed by atoms with van der Waals surface area (Å²) in [6.07, 6.45) is 6.38. The summed E-state index contributed by atoms with van der Waals surface area (Å²) >= 11 is 1.92. The molecule has 6 rings (SSSR count). The Hall–Kier alpha value is -3.36. The number of fused-ring (bicyclic) bond motifs is 2. The number of aryl methyl sites for hydroxylation is 4. The highest BCUT2D eigenvalue weighted by molar-refractivity contribution is 7.12. The molecule has 2 aliphatic heterocycles. The first-order valence-corrected chi connectivity index (χ1v) is 15.0. The average Bonchev–Trinajstić information content (AvgIpc) is 3.50. The first-order valence-electron chi connectivity index (χ1n) is 14.1. The lowest BCUT2D eigenvalue weighted by Gasteiger charge is -2.43. The van der Waals surface area contributed by atoms with Crippen LogP contribution in [0.2, 0.25) is 0 Å². The minimum Gasteiger partial charge on any atom is -0.353 e. The number of piperazine rings is 1. The summed E-state index contributed by atoms with van der Waals surface area (Å²) in [6, 6.07) is 22.4. The minimum atomic E-state index is 0.486. The van der Waals surface area contributed by atoms with E-state index in [1.165, 1.54) is 32.3 Å². The van der Waals surface area contributed by atoms with E-state index in [-0.39, 0.29) is 0 Å². The van der Waals surface area contributed by atoms with Gasteiger partial charge in [-0.1, -0.05) is 48.5 Å². The molecule has 8 heteroatoms. The maximum atomic E-state index is 5.32. The van der Waals surface area contributed by atoms with Gasteiger partial charge < -0.3 is 4.90 Å². The summed E-state index contributed by atoms with van der Waals surface area (Å²) in [5.74, 6) is 2.13. The van der Waals surface area contributed by atoms with Gasteiger partial charge in [0.15, 0.2) is 5.82 Å². The largest absolute Gasteiger partial charge is 0.353 e. The van der Waals surface area contributed by atoms with Gasteiger partial charge in [-0.25, -0.2) is 9.67 Å². The Morgan fingerprint density at radius 1 is 0.974 bits per heavy atom. The van der Waals surface area contributed by atoms with E-state index < -0.39 is 0 Å². The van der Waals surface area contributed by atoms with E-state index in [1.807, 2.05) is 18.4 Å². The molecule has 1 fully saturated rings. The average molecular weight is 540 g/mol. The summed E-state index contributed by atoms with van der Waals surface area (Å²) in [5, 5.41) is 11.9. The van der Waals surface area contributed by atoms with Crippen LogP contribution in [-0.2, 0) is 26.3 Å². The molecule has 2 aromatic carbocycles. The Morgan fingerprint density at radius 3 is 2.67 bits per heavy atom. The summed E-state index contributed by atoms with van der Waals surface area (Å²) in [6.45, 7) is 6.40. The van der Waals surface area contributed by atoms with Gasteiger partial charge in [0, 0.05) is 60.9 Å². The molecule has 0 bridgehead atoms. The van der Waals surface area contributed by atoms with Crippen molar-refractivity contribution in [2.75, 3.05) is 26.2 Å². The number of nitrogens with zero attached hydrogens (tertiary/aromatic N) is 7. The van der Waals surface area contributed by atoms with Gasteiger partial charge in [-0.15, -0.1) is 16.4 Å². The van der Waals surface area contributed by atoms with Crippen LogP contribution in [0.15, 0.2) is 65.7 Å². The Morgan fingerprint density at radius 2 is 1.82 bits per heavy atom. The first kappa shape index (κ1) is 25.9. The molecule has 39 heavy (non-hydrogen) atoms. The predicted octanol–water partition coefficient (Wildman–Crippen LogP) is 5.20. The number of thiophene rings is 1. The van der Waals surface area contributed by atoms with Crippen LogP contribution in [0.5, 0.6) is 0 Å². The number of aromatic nitrogens is 4. The van der Waals surface area contributed by atoms with Crippen molar-refractivity contribution in [2.45, 2.75) is 51.5 Å². The first-order chi connectivity index (χ1) is 19.1. The SMILES string of the molecule is Cc1cc2c(s1)Cc1ccccc1N=C2N1CCN(CCCCc2nnnn2C)C(CCc2ccccc2)C1. The molecule has 0 aliphatic carbocycles. The molecule has 0 amide bonds. The van der Waals surface area contributed by atoms with Crippen molar-refractivity contribution in [3.8, 4) is 0 Å². The zero-order valence-electron chi connectivity index (χ0n) is 23.0. The molecule has 0 radical (unpaired) electrons. The van der Waals surface area contributed by atoms with Crippen LogP contribution in [0.25, 0.3) is 0 Å². The maximum Gasteiger partial charge on any atom is 0.150 e. The van der Waals surface area contributed by atoms with Crippen LogP contribution < -0.4 is 0 Å². The molecule has 0 N–H and O–H groups in total. The van der Waals surface area contributed by atoms with Gasteiger partial charge in [-0.3, -0.25) is 4.90 Å². The number of para-hydroxylation sites is 1. The van der Waals surface area contributed by atoms with Crippen LogP contribution in [-0.4, -0.2) is 68.1 Å². The van der Waals surface area contributed by atoms with E-state index in [0.717, 1.165) is 76.2 Å². The van der Waals surface area contributed by atoms with Gasteiger partial charge in [-0.05, 0) is 72.8 Å². The van der Waals surface area contributed by atoms with Gasteiger partial charge in [0.2, 0.25) is 0 Å². The number of tetrazole rings is 1. The third kappa shape index (κ3) is 5.97. The fourth-order valence-electron chi connectivity index (χ4n) is 5.93. The van der Waals surface area contributed by atoms with Gasteiger partial charge in [0.25, 0.3) is 0 Å². The Balaban J connectivity index is 1.20. The number of rotatable bonds is 8. The van der Waals surface area contributed by atoms with Crippen LogP contribution in [0, 0.1) is 6.92 Å². The topological polar surface area (TPSA) is 62.4 Å². The summed E-state index contributed by atoms with van der Waals surface area (Å²) in [5.41, 5.74) is 5.20. The number of hydrogen-bond acceptors (Lipinski definition) is 7. The molecule has 1 saturated heterocycles. The van der Waals surface area contributed by atoms with E-state index in [4.69, 9.17) is 4.99 Å². The predicted molar refractivity (Wildman–Crippen MR) is 158 cm³/mol. The minimum absolute atomic E-state index is 0.486. The van der Waals surface area contributed by atoms with Crippen molar-refractivity contribution in [2.24, 2.45) is 12.0 Å². The molecule has 0 spiro atoms. The molecule has 202 valence electrons. The molecule has 2 aliphatic rings. The van der Waals surface area contributed by atoms with Crippen molar-refractivity contribution in [1.82, 2.24) is 30.0 Å². The zero-order valence-corrected chi connectivity index (χ0v) is 23.8. The Bertz CT molecular complexity index is 1420. The van der Waals surface area contributed by atoms with Crippen molar-refractivity contribution >= 4 is 22.9 Å². The van der Waals surface area contributed by atoms with Crippen molar-refractivity contribution < 1.29 is 0 Å².